The highest BCUT2D eigenvalue weighted by atomic mass is 35.5. The minimum Gasteiger partial charge on any atom is -0.489 e. The van der Waals surface area contributed by atoms with Gasteiger partial charge in [0.15, 0.2) is 0 Å². The Morgan fingerprint density at radius 3 is 2.60 bits per heavy atom. The number of hydrogen-bond acceptors (Lipinski definition) is 2. The van der Waals surface area contributed by atoms with Gasteiger partial charge in [-0.3, -0.25) is 0 Å². The van der Waals surface area contributed by atoms with E-state index in [9.17, 15) is 4.39 Å². The van der Waals surface area contributed by atoms with Gasteiger partial charge in [0, 0.05) is 17.1 Å². The Bertz CT molecular complexity index is 870. The van der Waals surface area contributed by atoms with Crippen LogP contribution in [-0.2, 0) is 13.2 Å². The molecule has 0 saturated carbocycles. The number of benzene rings is 3. The van der Waals surface area contributed by atoms with Gasteiger partial charge in [-0.15, -0.1) is 0 Å². The number of ether oxygens (including phenoxy) is 1. The summed E-state index contributed by atoms with van der Waals surface area (Å²) in [6, 6.07) is 19.5. The van der Waals surface area contributed by atoms with Crippen LogP contribution in [0.4, 0.5) is 10.1 Å². The molecule has 0 bridgehead atoms. The van der Waals surface area contributed by atoms with E-state index >= 15 is 0 Å². The third-order valence-corrected chi connectivity index (χ3v) is 4.23. The van der Waals surface area contributed by atoms with Gasteiger partial charge in [-0.25, -0.2) is 4.39 Å². The van der Waals surface area contributed by atoms with Crippen LogP contribution >= 0.6 is 23.2 Å². The molecule has 1 N–H and O–H groups in total. The Balaban J connectivity index is 1.63. The fourth-order valence-corrected chi connectivity index (χ4v) is 2.71. The van der Waals surface area contributed by atoms with Crippen LogP contribution in [0.15, 0.2) is 66.7 Å². The summed E-state index contributed by atoms with van der Waals surface area (Å²) in [5, 5.41) is 4.48. The van der Waals surface area contributed by atoms with Crippen molar-refractivity contribution in [3.8, 4) is 5.75 Å². The summed E-state index contributed by atoms with van der Waals surface area (Å²) in [5.74, 6) is 0.413. The second-order valence-corrected chi connectivity index (χ2v) is 6.35. The molecule has 3 aromatic rings. The molecule has 3 rings (SSSR count). The van der Waals surface area contributed by atoms with E-state index in [2.05, 4.69) is 5.32 Å². The maximum Gasteiger partial charge on any atom is 0.129 e. The summed E-state index contributed by atoms with van der Waals surface area (Å²) < 4.78 is 19.3. The van der Waals surface area contributed by atoms with Crippen LogP contribution in [0.1, 0.15) is 11.1 Å². The minimum absolute atomic E-state index is 0.184. The van der Waals surface area contributed by atoms with Gasteiger partial charge in [0.25, 0.3) is 0 Å². The Labute approximate surface area is 156 Å². The Kier molecular flexibility index (Phi) is 5.79. The van der Waals surface area contributed by atoms with Crippen LogP contribution in [0.2, 0.25) is 10.0 Å². The lowest BCUT2D eigenvalue weighted by atomic mass is 10.2. The van der Waals surface area contributed by atoms with Crippen molar-refractivity contribution in [3.63, 3.8) is 0 Å². The van der Waals surface area contributed by atoms with E-state index in [1.165, 1.54) is 6.07 Å². The first-order chi connectivity index (χ1) is 12.1. The molecule has 0 heterocycles. The summed E-state index contributed by atoms with van der Waals surface area (Å²) in [7, 11) is 0. The van der Waals surface area contributed by atoms with Crippen LogP contribution in [-0.4, -0.2) is 0 Å². The molecule has 0 radical (unpaired) electrons. The molecule has 0 spiro atoms. The molecule has 0 saturated heterocycles. The molecule has 0 aliphatic heterocycles. The molecule has 2 nitrogen and oxygen atoms in total. The lowest BCUT2D eigenvalue weighted by Crippen LogP contribution is -2.02. The monoisotopic (exact) mass is 375 g/mol. The molecule has 25 heavy (non-hydrogen) atoms. The molecule has 0 aliphatic carbocycles. The third kappa shape index (κ3) is 4.88. The first-order valence-corrected chi connectivity index (χ1v) is 8.51. The van der Waals surface area contributed by atoms with E-state index in [4.69, 9.17) is 27.9 Å². The van der Waals surface area contributed by atoms with E-state index in [0.717, 1.165) is 11.3 Å². The van der Waals surface area contributed by atoms with E-state index in [0.29, 0.717) is 27.9 Å². The molecule has 0 fully saturated rings. The second-order valence-electron chi connectivity index (χ2n) is 5.51. The zero-order valence-corrected chi connectivity index (χ0v) is 14.8. The standard InChI is InChI=1S/C20H16Cl2FNO/c21-16-8-9-18(22)20(11-16)24-12-14-4-3-6-17(10-14)25-13-15-5-1-2-7-19(15)23/h1-11,24H,12-13H2. The highest BCUT2D eigenvalue weighted by Gasteiger charge is 2.04. The van der Waals surface area contributed by atoms with Gasteiger partial charge in [-0.1, -0.05) is 53.5 Å². The number of halogens is 3. The number of hydrogen-bond donors (Lipinski definition) is 1. The maximum atomic E-state index is 13.6. The van der Waals surface area contributed by atoms with Gasteiger partial charge in [0.1, 0.15) is 18.2 Å². The molecule has 0 atom stereocenters. The normalized spacial score (nSPS) is 10.5. The lowest BCUT2D eigenvalue weighted by molar-refractivity contribution is 0.299. The van der Waals surface area contributed by atoms with Crippen molar-refractivity contribution in [3.05, 3.63) is 93.7 Å². The smallest absolute Gasteiger partial charge is 0.129 e. The SMILES string of the molecule is Fc1ccccc1COc1cccc(CNc2cc(Cl)ccc2Cl)c1. The van der Waals surface area contributed by atoms with Gasteiger partial charge in [0.05, 0.1) is 10.7 Å². The summed E-state index contributed by atoms with van der Waals surface area (Å²) >= 11 is 12.1. The number of nitrogens with one attached hydrogen (secondary N) is 1. The molecule has 128 valence electrons. The fraction of sp³-hybridized carbons (Fsp3) is 0.100. The van der Waals surface area contributed by atoms with E-state index in [-0.39, 0.29) is 12.4 Å². The van der Waals surface area contributed by atoms with Gasteiger partial charge >= 0.3 is 0 Å². The van der Waals surface area contributed by atoms with Crippen molar-refractivity contribution in [1.82, 2.24) is 0 Å². The lowest BCUT2D eigenvalue weighted by Gasteiger charge is -2.11. The van der Waals surface area contributed by atoms with E-state index < -0.39 is 0 Å². The van der Waals surface area contributed by atoms with Crippen molar-refractivity contribution in [1.29, 1.82) is 0 Å². The van der Waals surface area contributed by atoms with E-state index in [1.807, 2.05) is 24.3 Å². The van der Waals surface area contributed by atoms with Gasteiger partial charge in [-0.05, 0) is 42.0 Å². The van der Waals surface area contributed by atoms with Crippen molar-refractivity contribution in [2.24, 2.45) is 0 Å². The molecule has 0 aliphatic rings. The molecular formula is C20H16Cl2FNO. The quantitative estimate of drug-likeness (QED) is 0.543. The summed E-state index contributed by atoms with van der Waals surface area (Å²) in [4.78, 5) is 0. The highest BCUT2D eigenvalue weighted by Crippen LogP contribution is 2.26. The first kappa shape index (κ1) is 17.6. The predicted octanol–water partition coefficient (Wildman–Crippen LogP) is 6.32. The third-order valence-electron chi connectivity index (χ3n) is 3.66. The highest BCUT2D eigenvalue weighted by molar-refractivity contribution is 6.35. The first-order valence-electron chi connectivity index (χ1n) is 7.76. The van der Waals surface area contributed by atoms with Crippen molar-refractivity contribution >= 4 is 28.9 Å². The zero-order valence-electron chi connectivity index (χ0n) is 13.3. The summed E-state index contributed by atoms with van der Waals surface area (Å²) in [6.45, 7) is 0.751. The van der Waals surface area contributed by atoms with Gasteiger partial charge in [0.2, 0.25) is 0 Å². The average molecular weight is 376 g/mol. The minimum atomic E-state index is -0.268. The van der Waals surface area contributed by atoms with Crippen LogP contribution in [0, 0.1) is 5.82 Å². The summed E-state index contributed by atoms with van der Waals surface area (Å²) in [6.07, 6.45) is 0. The predicted molar refractivity (Wildman–Crippen MR) is 101 cm³/mol. The van der Waals surface area contributed by atoms with Crippen molar-refractivity contribution in [2.45, 2.75) is 13.2 Å². The van der Waals surface area contributed by atoms with Crippen LogP contribution < -0.4 is 10.1 Å². The average Bonchev–Trinajstić information content (AvgIpc) is 2.62. The Hall–Kier alpha value is -2.23. The molecule has 5 heteroatoms. The van der Waals surface area contributed by atoms with E-state index in [1.54, 1.807) is 36.4 Å². The Morgan fingerprint density at radius 1 is 0.920 bits per heavy atom. The van der Waals surface area contributed by atoms with Crippen LogP contribution in [0.5, 0.6) is 5.75 Å². The topological polar surface area (TPSA) is 21.3 Å². The molecule has 3 aromatic carbocycles. The fourth-order valence-electron chi connectivity index (χ4n) is 2.35. The zero-order chi connectivity index (χ0) is 17.6. The molecule has 0 unspecified atom stereocenters. The molecular weight excluding hydrogens is 360 g/mol. The summed E-state index contributed by atoms with van der Waals surface area (Å²) in [5.41, 5.74) is 2.31. The van der Waals surface area contributed by atoms with Crippen molar-refractivity contribution in [2.75, 3.05) is 5.32 Å². The van der Waals surface area contributed by atoms with Crippen LogP contribution in [0.25, 0.3) is 0 Å². The van der Waals surface area contributed by atoms with Crippen molar-refractivity contribution < 1.29 is 9.13 Å². The number of anilines is 1. The molecule has 0 amide bonds. The largest absolute Gasteiger partial charge is 0.489 e. The van der Waals surface area contributed by atoms with Crippen LogP contribution in [0.3, 0.4) is 0 Å². The second kappa shape index (κ2) is 8.24. The molecule has 0 aromatic heterocycles. The maximum absolute atomic E-state index is 13.6. The Morgan fingerprint density at radius 2 is 1.76 bits per heavy atom. The number of rotatable bonds is 6. The van der Waals surface area contributed by atoms with Gasteiger partial charge < -0.3 is 10.1 Å². The van der Waals surface area contributed by atoms with Gasteiger partial charge in [-0.2, -0.15) is 0 Å².